The van der Waals surface area contributed by atoms with E-state index in [0.717, 1.165) is 18.7 Å². The Morgan fingerprint density at radius 1 is 1.65 bits per heavy atom. The minimum absolute atomic E-state index is 0.130. The molecule has 0 spiro atoms. The van der Waals surface area contributed by atoms with E-state index in [1.54, 1.807) is 0 Å². The zero-order chi connectivity index (χ0) is 12.7. The third kappa shape index (κ3) is 5.49. The fraction of sp³-hybridized carbons (Fsp3) is 0.667. The highest BCUT2D eigenvalue weighted by molar-refractivity contribution is 5.69. The molecule has 1 N–H and O–H groups in total. The molecule has 0 fully saturated rings. The van der Waals surface area contributed by atoms with Gasteiger partial charge in [0.25, 0.3) is 0 Å². The van der Waals surface area contributed by atoms with Crippen molar-refractivity contribution in [1.82, 2.24) is 15.1 Å². The van der Waals surface area contributed by atoms with Crippen LogP contribution in [0.1, 0.15) is 25.8 Å². The van der Waals surface area contributed by atoms with Gasteiger partial charge in [-0.1, -0.05) is 0 Å². The summed E-state index contributed by atoms with van der Waals surface area (Å²) < 4.78 is 6.77. The minimum Gasteiger partial charge on any atom is -0.466 e. The Hall–Kier alpha value is -1.36. The minimum atomic E-state index is -0.151. The number of aryl methyl sites for hydroxylation is 1. The van der Waals surface area contributed by atoms with Gasteiger partial charge in [0, 0.05) is 18.8 Å². The molecule has 17 heavy (non-hydrogen) atoms. The first kappa shape index (κ1) is 13.7. The Bertz CT molecular complexity index is 349. The van der Waals surface area contributed by atoms with Crippen LogP contribution in [0.5, 0.6) is 0 Å². The number of nitrogens with zero attached hydrogens (tertiary/aromatic N) is 2. The van der Waals surface area contributed by atoms with E-state index in [1.807, 2.05) is 37.8 Å². The summed E-state index contributed by atoms with van der Waals surface area (Å²) in [5, 5.41) is 7.46. The van der Waals surface area contributed by atoms with Crippen molar-refractivity contribution in [3.8, 4) is 0 Å². The average molecular weight is 239 g/mol. The number of esters is 1. The van der Waals surface area contributed by atoms with Gasteiger partial charge in [0.2, 0.25) is 0 Å². The third-order valence-corrected chi connectivity index (χ3v) is 2.37. The maximum absolute atomic E-state index is 11.2. The quantitative estimate of drug-likeness (QED) is 0.724. The van der Waals surface area contributed by atoms with Gasteiger partial charge in [0.05, 0.1) is 25.8 Å². The molecule has 0 saturated carbocycles. The molecule has 0 amide bonds. The molecule has 5 nitrogen and oxygen atoms in total. The molecule has 0 aliphatic rings. The topological polar surface area (TPSA) is 56.1 Å². The number of nitrogens with one attached hydrogen (secondary N) is 1. The number of hydrogen-bond acceptors (Lipinski definition) is 4. The number of carbonyl (C=O) groups excluding carboxylic acids is 1. The number of hydrogen-bond donors (Lipinski definition) is 1. The zero-order valence-electron chi connectivity index (χ0n) is 10.8. The average Bonchev–Trinajstić information content (AvgIpc) is 2.64. The Morgan fingerprint density at radius 2 is 2.41 bits per heavy atom. The molecule has 96 valence electrons. The van der Waals surface area contributed by atoms with Crippen molar-refractivity contribution in [3.63, 3.8) is 0 Å². The fourth-order valence-electron chi connectivity index (χ4n) is 1.56. The molecule has 1 unspecified atom stereocenters. The zero-order valence-corrected chi connectivity index (χ0v) is 10.8. The van der Waals surface area contributed by atoms with Crippen LogP contribution in [-0.2, 0) is 16.1 Å². The van der Waals surface area contributed by atoms with Gasteiger partial charge in [-0.05, 0) is 26.3 Å². The molecule has 1 aromatic heterocycles. The second-order valence-corrected chi connectivity index (χ2v) is 4.15. The van der Waals surface area contributed by atoms with Crippen molar-refractivity contribution in [3.05, 3.63) is 18.0 Å². The van der Waals surface area contributed by atoms with Crippen LogP contribution in [-0.4, -0.2) is 34.9 Å². The van der Waals surface area contributed by atoms with Crippen LogP contribution in [0.3, 0.4) is 0 Å². The van der Waals surface area contributed by atoms with Crippen molar-refractivity contribution in [2.75, 3.05) is 13.2 Å². The van der Waals surface area contributed by atoms with Crippen molar-refractivity contribution < 1.29 is 9.53 Å². The molecule has 0 radical (unpaired) electrons. The molecule has 0 aromatic carbocycles. The number of carbonyl (C=O) groups is 1. The molecule has 5 heteroatoms. The van der Waals surface area contributed by atoms with E-state index in [0.29, 0.717) is 13.0 Å². The lowest BCUT2D eigenvalue weighted by molar-refractivity contribution is -0.143. The van der Waals surface area contributed by atoms with E-state index < -0.39 is 0 Å². The molecule has 1 rings (SSSR count). The summed E-state index contributed by atoms with van der Waals surface area (Å²) in [6.07, 6.45) is 4.24. The largest absolute Gasteiger partial charge is 0.466 e. The van der Waals surface area contributed by atoms with Gasteiger partial charge < -0.3 is 10.1 Å². The molecule has 0 aliphatic heterocycles. The molecule has 1 atom stereocenters. The Labute approximate surface area is 102 Å². The first-order chi connectivity index (χ1) is 8.11. The molecule has 0 bridgehead atoms. The highest BCUT2D eigenvalue weighted by Gasteiger charge is 2.08. The first-order valence-electron chi connectivity index (χ1n) is 6.00. The van der Waals surface area contributed by atoms with Crippen molar-refractivity contribution in [2.45, 2.75) is 39.8 Å². The van der Waals surface area contributed by atoms with Crippen LogP contribution in [0.25, 0.3) is 0 Å². The molecule has 1 heterocycles. The SMILES string of the molecule is CCOC(=O)CC(C)NCCn1cc(C)cn1. The van der Waals surface area contributed by atoms with Gasteiger partial charge in [-0.25, -0.2) is 0 Å². The van der Waals surface area contributed by atoms with E-state index in [9.17, 15) is 4.79 Å². The molecule has 1 aromatic rings. The second kappa shape index (κ2) is 7.06. The van der Waals surface area contributed by atoms with Crippen LogP contribution < -0.4 is 5.32 Å². The normalized spacial score (nSPS) is 12.4. The van der Waals surface area contributed by atoms with Crippen molar-refractivity contribution in [1.29, 1.82) is 0 Å². The van der Waals surface area contributed by atoms with Crippen molar-refractivity contribution in [2.24, 2.45) is 0 Å². The lowest BCUT2D eigenvalue weighted by Crippen LogP contribution is -2.31. The highest BCUT2D eigenvalue weighted by Crippen LogP contribution is 1.96. The summed E-state index contributed by atoms with van der Waals surface area (Å²) in [5.41, 5.74) is 1.16. The molecule has 0 saturated heterocycles. The maximum atomic E-state index is 11.2. The lowest BCUT2D eigenvalue weighted by Gasteiger charge is -2.12. The third-order valence-electron chi connectivity index (χ3n) is 2.37. The smallest absolute Gasteiger partial charge is 0.307 e. The predicted octanol–water partition coefficient (Wildman–Crippen LogP) is 1.12. The van der Waals surface area contributed by atoms with Crippen LogP contribution >= 0.6 is 0 Å². The van der Waals surface area contributed by atoms with E-state index in [4.69, 9.17) is 4.74 Å². The summed E-state index contributed by atoms with van der Waals surface area (Å²) in [6, 6.07) is 0.130. The Balaban J connectivity index is 2.15. The number of rotatable bonds is 7. The Kier molecular flexibility index (Phi) is 5.69. The lowest BCUT2D eigenvalue weighted by atomic mass is 10.2. The van der Waals surface area contributed by atoms with Gasteiger partial charge in [-0.3, -0.25) is 9.48 Å². The molecular formula is C12H21N3O2. The van der Waals surface area contributed by atoms with E-state index >= 15 is 0 Å². The predicted molar refractivity (Wildman–Crippen MR) is 65.7 cm³/mol. The van der Waals surface area contributed by atoms with Crippen LogP contribution in [0.4, 0.5) is 0 Å². The standard InChI is InChI=1S/C12H21N3O2/c1-4-17-12(16)7-11(3)13-5-6-15-9-10(2)8-14-15/h8-9,11,13H,4-7H2,1-3H3. The summed E-state index contributed by atoms with van der Waals surface area (Å²) >= 11 is 0. The van der Waals surface area contributed by atoms with E-state index in [2.05, 4.69) is 10.4 Å². The van der Waals surface area contributed by atoms with Crippen LogP contribution in [0.2, 0.25) is 0 Å². The summed E-state index contributed by atoms with van der Waals surface area (Å²) in [5.74, 6) is -0.151. The van der Waals surface area contributed by atoms with E-state index in [1.165, 1.54) is 0 Å². The van der Waals surface area contributed by atoms with Crippen LogP contribution in [0.15, 0.2) is 12.4 Å². The highest BCUT2D eigenvalue weighted by atomic mass is 16.5. The van der Waals surface area contributed by atoms with Gasteiger partial charge in [-0.2, -0.15) is 5.10 Å². The second-order valence-electron chi connectivity index (χ2n) is 4.15. The summed E-state index contributed by atoms with van der Waals surface area (Å²) in [7, 11) is 0. The fourth-order valence-corrected chi connectivity index (χ4v) is 1.56. The van der Waals surface area contributed by atoms with Crippen LogP contribution in [0, 0.1) is 6.92 Å². The van der Waals surface area contributed by atoms with E-state index in [-0.39, 0.29) is 12.0 Å². The Morgan fingerprint density at radius 3 is 3.00 bits per heavy atom. The molecular weight excluding hydrogens is 218 g/mol. The first-order valence-corrected chi connectivity index (χ1v) is 6.00. The number of aromatic nitrogens is 2. The van der Waals surface area contributed by atoms with Gasteiger partial charge >= 0.3 is 5.97 Å². The van der Waals surface area contributed by atoms with Gasteiger partial charge in [0.1, 0.15) is 0 Å². The number of ether oxygens (including phenoxy) is 1. The monoisotopic (exact) mass is 239 g/mol. The molecule has 0 aliphatic carbocycles. The van der Waals surface area contributed by atoms with Crippen molar-refractivity contribution >= 4 is 5.97 Å². The van der Waals surface area contributed by atoms with Gasteiger partial charge in [0.15, 0.2) is 0 Å². The van der Waals surface area contributed by atoms with Gasteiger partial charge in [-0.15, -0.1) is 0 Å². The maximum Gasteiger partial charge on any atom is 0.307 e. The summed E-state index contributed by atoms with van der Waals surface area (Å²) in [4.78, 5) is 11.2. The summed E-state index contributed by atoms with van der Waals surface area (Å²) in [6.45, 7) is 7.85.